The first kappa shape index (κ1) is 14.1. The fourth-order valence-electron chi connectivity index (χ4n) is 2.07. The molecule has 0 aliphatic rings. The summed E-state index contributed by atoms with van der Waals surface area (Å²) in [5.41, 5.74) is 2.98. The summed E-state index contributed by atoms with van der Waals surface area (Å²) in [5.74, 6) is -0.0574. The molecular formula is C18H19NO. The van der Waals surface area contributed by atoms with Gasteiger partial charge >= 0.3 is 0 Å². The summed E-state index contributed by atoms with van der Waals surface area (Å²) in [6, 6.07) is 17.4. The third-order valence-corrected chi connectivity index (χ3v) is 3.22. The molecule has 0 unspecified atom stereocenters. The predicted molar refractivity (Wildman–Crippen MR) is 82.6 cm³/mol. The Hall–Kier alpha value is -2.35. The minimum Gasteiger partial charge on any atom is -0.345 e. The van der Waals surface area contributed by atoms with Crippen LogP contribution in [0.1, 0.15) is 33.9 Å². The molecule has 0 aromatic heterocycles. The molecule has 0 fully saturated rings. The first-order chi connectivity index (χ1) is 9.70. The Labute approximate surface area is 120 Å². The van der Waals surface area contributed by atoms with Gasteiger partial charge in [-0.3, -0.25) is 4.79 Å². The number of hydrogen-bond donors (Lipinski definition) is 1. The standard InChI is InChI=1S/C18H19NO/c1-3-7-17(15-12-10-14(2)11-13-15)19-18(20)16-8-5-4-6-9-16/h3-6,8-13,17H,1,7H2,2H3,(H,19,20)/t17-/m1/s1. The van der Waals surface area contributed by atoms with Crippen LogP contribution in [-0.2, 0) is 0 Å². The maximum absolute atomic E-state index is 12.2. The van der Waals surface area contributed by atoms with Crippen molar-refractivity contribution in [3.8, 4) is 0 Å². The summed E-state index contributed by atoms with van der Waals surface area (Å²) < 4.78 is 0. The second-order valence-corrected chi connectivity index (χ2v) is 4.83. The van der Waals surface area contributed by atoms with Crippen molar-refractivity contribution < 1.29 is 4.79 Å². The average molecular weight is 265 g/mol. The largest absolute Gasteiger partial charge is 0.345 e. The Morgan fingerprint density at radius 2 is 1.80 bits per heavy atom. The van der Waals surface area contributed by atoms with E-state index >= 15 is 0 Å². The molecule has 0 heterocycles. The zero-order chi connectivity index (χ0) is 14.4. The Morgan fingerprint density at radius 3 is 2.40 bits per heavy atom. The molecule has 2 nitrogen and oxygen atoms in total. The van der Waals surface area contributed by atoms with E-state index in [9.17, 15) is 4.79 Å². The molecular weight excluding hydrogens is 246 g/mol. The summed E-state index contributed by atoms with van der Waals surface area (Å²) in [4.78, 5) is 12.2. The van der Waals surface area contributed by atoms with Gasteiger partial charge in [-0.1, -0.05) is 54.1 Å². The number of rotatable bonds is 5. The van der Waals surface area contributed by atoms with Crippen molar-refractivity contribution in [1.82, 2.24) is 5.32 Å². The first-order valence-corrected chi connectivity index (χ1v) is 6.74. The van der Waals surface area contributed by atoms with Crippen molar-refractivity contribution in [3.05, 3.63) is 83.9 Å². The molecule has 102 valence electrons. The van der Waals surface area contributed by atoms with Crippen LogP contribution in [0.3, 0.4) is 0 Å². The molecule has 1 atom stereocenters. The Kier molecular flexibility index (Phi) is 4.72. The fraction of sp³-hybridized carbons (Fsp3) is 0.167. The van der Waals surface area contributed by atoms with E-state index < -0.39 is 0 Å². The predicted octanol–water partition coefficient (Wildman–Crippen LogP) is 4.04. The molecule has 2 aromatic carbocycles. The van der Waals surface area contributed by atoms with Crippen LogP contribution in [0.15, 0.2) is 67.3 Å². The topological polar surface area (TPSA) is 29.1 Å². The molecule has 2 aromatic rings. The van der Waals surface area contributed by atoms with E-state index in [1.54, 1.807) is 0 Å². The lowest BCUT2D eigenvalue weighted by atomic mass is 10.0. The first-order valence-electron chi connectivity index (χ1n) is 6.74. The monoisotopic (exact) mass is 265 g/mol. The van der Waals surface area contributed by atoms with Crippen LogP contribution >= 0.6 is 0 Å². The summed E-state index contributed by atoms with van der Waals surface area (Å²) in [6.07, 6.45) is 2.54. The van der Waals surface area contributed by atoms with Gasteiger partial charge in [0.1, 0.15) is 0 Å². The summed E-state index contributed by atoms with van der Waals surface area (Å²) >= 11 is 0. The van der Waals surface area contributed by atoms with E-state index in [0.717, 1.165) is 5.56 Å². The van der Waals surface area contributed by atoms with Crippen LogP contribution < -0.4 is 5.32 Å². The summed E-state index contributed by atoms with van der Waals surface area (Å²) in [7, 11) is 0. The van der Waals surface area contributed by atoms with Crippen LogP contribution in [0.5, 0.6) is 0 Å². The van der Waals surface area contributed by atoms with Gasteiger partial charge in [-0.25, -0.2) is 0 Å². The van der Waals surface area contributed by atoms with E-state index in [0.29, 0.717) is 12.0 Å². The van der Waals surface area contributed by atoms with E-state index in [-0.39, 0.29) is 11.9 Å². The lowest BCUT2D eigenvalue weighted by molar-refractivity contribution is 0.0937. The highest BCUT2D eigenvalue weighted by molar-refractivity contribution is 5.94. The van der Waals surface area contributed by atoms with Gasteiger partial charge in [0, 0.05) is 5.56 Å². The molecule has 20 heavy (non-hydrogen) atoms. The smallest absolute Gasteiger partial charge is 0.251 e. The van der Waals surface area contributed by atoms with E-state index in [4.69, 9.17) is 0 Å². The maximum Gasteiger partial charge on any atom is 0.251 e. The fourth-order valence-corrected chi connectivity index (χ4v) is 2.07. The molecule has 1 amide bonds. The summed E-state index contributed by atoms with van der Waals surface area (Å²) in [6.45, 7) is 5.82. The van der Waals surface area contributed by atoms with E-state index in [1.165, 1.54) is 5.56 Å². The SMILES string of the molecule is C=CC[C@@H](NC(=O)c1ccccc1)c1ccc(C)cc1. The van der Waals surface area contributed by atoms with Crippen LogP contribution in [-0.4, -0.2) is 5.91 Å². The van der Waals surface area contributed by atoms with Crippen molar-refractivity contribution in [3.63, 3.8) is 0 Å². The lowest BCUT2D eigenvalue weighted by Crippen LogP contribution is -2.28. The highest BCUT2D eigenvalue weighted by Crippen LogP contribution is 2.18. The van der Waals surface area contributed by atoms with Crippen LogP contribution in [0.2, 0.25) is 0 Å². The van der Waals surface area contributed by atoms with Crippen molar-refractivity contribution in [2.45, 2.75) is 19.4 Å². The minimum absolute atomic E-state index is 0.0409. The molecule has 0 aliphatic carbocycles. The lowest BCUT2D eigenvalue weighted by Gasteiger charge is -2.18. The van der Waals surface area contributed by atoms with Crippen LogP contribution in [0.25, 0.3) is 0 Å². The number of amides is 1. The van der Waals surface area contributed by atoms with Crippen molar-refractivity contribution in [2.75, 3.05) is 0 Å². The molecule has 0 radical (unpaired) electrons. The van der Waals surface area contributed by atoms with E-state index in [1.807, 2.05) is 36.4 Å². The molecule has 2 rings (SSSR count). The molecule has 1 N–H and O–H groups in total. The van der Waals surface area contributed by atoms with Gasteiger partial charge in [0.2, 0.25) is 0 Å². The van der Waals surface area contributed by atoms with Gasteiger partial charge in [0.05, 0.1) is 6.04 Å². The second kappa shape index (κ2) is 6.71. The number of carbonyl (C=O) groups excluding carboxylic acids is 1. The highest BCUT2D eigenvalue weighted by atomic mass is 16.1. The second-order valence-electron chi connectivity index (χ2n) is 4.83. The number of nitrogens with one attached hydrogen (secondary N) is 1. The number of aryl methyl sites for hydroxylation is 1. The van der Waals surface area contributed by atoms with Crippen molar-refractivity contribution >= 4 is 5.91 Å². The summed E-state index contributed by atoms with van der Waals surface area (Å²) in [5, 5.41) is 3.06. The quantitative estimate of drug-likeness (QED) is 0.812. The third-order valence-electron chi connectivity index (χ3n) is 3.22. The molecule has 0 saturated carbocycles. The third kappa shape index (κ3) is 3.58. The van der Waals surface area contributed by atoms with Gasteiger partial charge in [0.15, 0.2) is 0 Å². The van der Waals surface area contributed by atoms with E-state index in [2.05, 4.69) is 43.1 Å². The zero-order valence-electron chi connectivity index (χ0n) is 11.7. The van der Waals surface area contributed by atoms with Crippen molar-refractivity contribution in [1.29, 1.82) is 0 Å². The highest BCUT2D eigenvalue weighted by Gasteiger charge is 2.14. The van der Waals surface area contributed by atoms with Crippen molar-refractivity contribution in [2.24, 2.45) is 0 Å². The zero-order valence-corrected chi connectivity index (χ0v) is 11.7. The van der Waals surface area contributed by atoms with Gasteiger partial charge in [0.25, 0.3) is 5.91 Å². The number of carbonyl (C=O) groups is 1. The maximum atomic E-state index is 12.2. The normalized spacial score (nSPS) is 11.7. The Bertz CT molecular complexity index is 572. The van der Waals surface area contributed by atoms with Gasteiger partial charge in [-0.2, -0.15) is 0 Å². The Balaban J connectivity index is 2.15. The molecule has 2 heteroatoms. The Morgan fingerprint density at radius 1 is 1.15 bits per heavy atom. The van der Waals surface area contributed by atoms with Gasteiger partial charge < -0.3 is 5.32 Å². The molecule has 0 spiro atoms. The van der Waals surface area contributed by atoms with Crippen LogP contribution in [0, 0.1) is 6.92 Å². The minimum atomic E-state index is -0.0574. The molecule has 0 aliphatic heterocycles. The number of benzene rings is 2. The van der Waals surface area contributed by atoms with Crippen LogP contribution in [0.4, 0.5) is 0 Å². The molecule has 0 saturated heterocycles. The number of hydrogen-bond acceptors (Lipinski definition) is 1. The van der Waals surface area contributed by atoms with Gasteiger partial charge in [-0.05, 0) is 31.0 Å². The van der Waals surface area contributed by atoms with Gasteiger partial charge in [-0.15, -0.1) is 6.58 Å². The molecule has 0 bridgehead atoms. The average Bonchev–Trinajstić information content (AvgIpc) is 2.48.